The Hall–Kier alpha value is -1.65. The van der Waals surface area contributed by atoms with Crippen molar-refractivity contribution >= 4 is 12.1 Å². The number of hydrogen-bond acceptors (Lipinski definition) is 4. The zero-order chi connectivity index (χ0) is 11.5. The van der Waals surface area contributed by atoms with Crippen LogP contribution in [0.4, 0.5) is 5.82 Å². The number of piperidine rings is 1. The molecule has 1 aliphatic heterocycles. The van der Waals surface area contributed by atoms with Crippen LogP contribution in [0, 0.1) is 5.92 Å². The summed E-state index contributed by atoms with van der Waals surface area (Å²) in [5, 5.41) is 0. The van der Waals surface area contributed by atoms with Gasteiger partial charge < -0.3 is 14.3 Å². The minimum Gasteiger partial charge on any atom is -0.352 e. The van der Waals surface area contributed by atoms with Crippen LogP contribution in [-0.2, 0) is 11.8 Å². The number of aromatic nitrogens is 2. The average Bonchev–Trinajstić information content (AvgIpc) is 2.33. The number of carbonyl (C=O) groups excluding carboxylic acids is 1. The third kappa shape index (κ3) is 1.98. The summed E-state index contributed by atoms with van der Waals surface area (Å²) in [6.07, 6.45) is 5.90. The maximum atomic E-state index is 11.8. The molecule has 0 saturated carbocycles. The number of hydrogen-bond donors (Lipinski definition) is 0. The molecule has 16 heavy (non-hydrogen) atoms. The van der Waals surface area contributed by atoms with E-state index in [9.17, 15) is 9.59 Å². The highest BCUT2D eigenvalue weighted by Crippen LogP contribution is 2.17. The van der Waals surface area contributed by atoms with Crippen molar-refractivity contribution in [1.29, 1.82) is 0 Å². The van der Waals surface area contributed by atoms with Gasteiger partial charge in [-0.05, 0) is 12.8 Å². The number of nitrogens with zero attached hydrogens (tertiary/aromatic N) is 3. The minimum atomic E-state index is -0.0768. The van der Waals surface area contributed by atoms with Gasteiger partial charge in [0.2, 0.25) is 0 Å². The van der Waals surface area contributed by atoms with Crippen LogP contribution in [-0.4, -0.2) is 28.9 Å². The van der Waals surface area contributed by atoms with Gasteiger partial charge in [0.25, 0.3) is 5.56 Å². The van der Waals surface area contributed by atoms with Gasteiger partial charge in [-0.2, -0.15) is 0 Å². The summed E-state index contributed by atoms with van der Waals surface area (Å²) in [5.74, 6) is 0.637. The first-order valence-corrected chi connectivity index (χ1v) is 5.44. The Bertz CT molecular complexity index is 433. The van der Waals surface area contributed by atoms with Gasteiger partial charge in [-0.1, -0.05) is 0 Å². The lowest BCUT2D eigenvalue weighted by Gasteiger charge is -2.29. The predicted molar refractivity (Wildman–Crippen MR) is 60.5 cm³/mol. The zero-order valence-corrected chi connectivity index (χ0v) is 9.30. The number of anilines is 1. The summed E-state index contributed by atoms with van der Waals surface area (Å²) in [6.45, 7) is 1.46. The van der Waals surface area contributed by atoms with Crippen molar-refractivity contribution in [3.05, 3.63) is 22.7 Å². The van der Waals surface area contributed by atoms with E-state index in [2.05, 4.69) is 4.98 Å². The summed E-state index contributed by atoms with van der Waals surface area (Å²) in [5.41, 5.74) is -0.0768. The van der Waals surface area contributed by atoms with Crippen molar-refractivity contribution in [2.45, 2.75) is 12.8 Å². The van der Waals surface area contributed by atoms with Crippen LogP contribution >= 0.6 is 0 Å². The first kappa shape index (κ1) is 10.9. The molecule has 0 N–H and O–H groups in total. The molecule has 0 unspecified atom stereocenters. The SMILES string of the molecule is Cn1ccnc(N2CCC(C=O)CC2)c1=O. The van der Waals surface area contributed by atoms with Gasteiger partial charge in [0.1, 0.15) is 6.29 Å². The lowest BCUT2D eigenvalue weighted by atomic mass is 9.99. The topological polar surface area (TPSA) is 55.2 Å². The fraction of sp³-hybridized carbons (Fsp3) is 0.545. The van der Waals surface area contributed by atoms with Crippen molar-refractivity contribution in [2.75, 3.05) is 18.0 Å². The number of aryl methyl sites for hydroxylation is 1. The first-order chi connectivity index (χ1) is 7.72. The van der Waals surface area contributed by atoms with Crippen molar-refractivity contribution < 1.29 is 4.79 Å². The van der Waals surface area contributed by atoms with Gasteiger partial charge >= 0.3 is 0 Å². The number of aldehydes is 1. The Balaban J connectivity index is 2.17. The monoisotopic (exact) mass is 221 g/mol. The van der Waals surface area contributed by atoms with E-state index in [0.29, 0.717) is 5.82 Å². The number of rotatable bonds is 2. The molecule has 1 saturated heterocycles. The third-order valence-electron chi connectivity index (χ3n) is 3.03. The van der Waals surface area contributed by atoms with E-state index in [0.717, 1.165) is 32.2 Å². The smallest absolute Gasteiger partial charge is 0.293 e. The van der Waals surface area contributed by atoms with Gasteiger partial charge in [-0.15, -0.1) is 0 Å². The second-order valence-electron chi connectivity index (χ2n) is 4.13. The lowest BCUT2D eigenvalue weighted by Crippen LogP contribution is -2.39. The van der Waals surface area contributed by atoms with Crippen molar-refractivity contribution in [3.63, 3.8) is 0 Å². The molecule has 1 aromatic rings. The summed E-state index contributed by atoms with van der Waals surface area (Å²) in [7, 11) is 1.71. The van der Waals surface area contributed by atoms with Crippen LogP contribution in [0.1, 0.15) is 12.8 Å². The van der Waals surface area contributed by atoms with Crippen LogP contribution in [0.5, 0.6) is 0 Å². The molecule has 5 heteroatoms. The van der Waals surface area contributed by atoms with Crippen LogP contribution in [0.15, 0.2) is 17.2 Å². The van der Waals surface area contributed by atoms with Crippen LogP contribution in [0.2, 0.25) is 0 Å². The Labute approximate surface area is 93.7 Å². The molecule has 86 valence electrons. The van der Waals surface area contributed by atoms with Crippen molar-refractivity contribution in [3.8, 4) is 0 Å². The normalized spacial score (nSPS) is 17.4. The van der Waals surface area contributed by atoms with Gasteiger partial charge in [-0.25, -0.2) is 4.98 Å². The van der Waals surface area contributed by atoms with Crippen molar-refractivity contribution in [1.82, 2.24) is 9.55 Å². The summed E-state index contributed by atoms with van der Waals surface area (Å²) < 4.78 is 1.52. The molecule has 0 radical (unpaired) electrons. The molecule has 5 nitrogen and oxygen atoms in total. The summed E-state index contributed by atoms with van der Waals surface area (Å²) in [4.78, 5) is 28.5. The molecular weight excluding hydrogens is 206 g/mol. The van der Waals surface area contributed by atoms with Crippen LogP contribution in [0.25, 0.3) is 0 Å². The van der Waals surface area contributed by atoms with E-state index in [4.69, 9.17) is 0 Å². The Morgan fingerprint density at radius 2 is 2.12 bits per heavy atom. The Morgan fingerprint density at radius 3 is 2.75 bits per heavy atom. The lowest BCUT2D eigenvalue weighted by molar-refractivity contribution is -0.111. The highest BCUT2D eigenvalue weighted by atomic mass is 16.1. The standard InChI is InChI=1S/C11H15N3O2/c1-13-7-4-12-10(11(13)16)14-5-2-9(8-15)3-6-14/h4,7-9H,2-3,5-6H2,1H3. The van der Waals surface area contributed by atoms with Gasteiger partial charge in [-0.3, -0.25) is 4.79 Å². The van der Waals surface area contributed by atoms with E-state index in [1.54, 1.807) is 19.4 Å². The van der Waals surface area contributed by atoms with Crippen LogP contribution < -0.4 is 10.5 Å². The maximum Gasteiger partial charge on any atom is 0.293 e. The second-order valence-corrected chi connectivity index (χ2v) is 4.13. The van der Waals surface area contributed by atoms with E-state index < -0.39 is 0 Å². The molecule has 1 aromatic heterocycles. The maximum absolute atomic E-state index is 11.8. The van der Waals surface area contributed by atoms with E-state index in [-0.39, 0.29) is 11.5 Å². The molecule has 0 spiro atoms. The first-order valence-electron chi connectivity index (χ1n) is 5.44. The van der Waals surface area contributed by atoms with Crippen molar-refractivity contribution in [2.24, 2.45) is 13.0 Å². The molecule has 1 aliphatic rings. The summed E-state index contributed by atoms with van der Waals surface area (Å²) in [6, 6.07) is 0. The fourth-order valence-electron chi connectivity index (χ4n) is 1.95. The average molecular weight is 221 g/mol. The Morgan fingerprint density at radius 1 is 1.44 bits per heavy atom. The molecule has 0 amide bonds. The minimum absolute atomic E-state index is 0.0768. The van der Waals surface area contributed by atoms with E-state index >= 15 is 0 Å². The molecule has 0 aromatic carbocycles. The fourth-order valence-corrected chi connectivity index (χ4v) is 1.95. The molecular formula is C11H15N3O2. The number of carbonyl (C=O) groups is 1. The molecule has 1 fully saturated rings. The largest absolute Gasteiger partial charge is 0.352 e. The van der Waals surface area contributed by atoms with E-state index in [1.165, 1.54) is 4.57 Å². The van der Waals surface area contributed by atoms with Gasteiger partial charge in [0, 0.05) is 38.4 Å². The van der Waals surface area contributed by atoms with Gasteiger partial charge in [0.05, 0.1) is 0 Å². The van der Waals surface area contributed by atoms with Crippen LogP contribution in [0.3, 0.4) is 0 Å². The molecule has 0 aliphatic carbocycles. The predicted octanol–water partition coefficient (Wildman–Crippen LogP) is 0.196. The zero-order valence-electron chi connectivity index (χ0n) is 9.30. The second kappa shape index (κ2) is 4.47. The molecule has 0 atom stereocenters. The highest BCUT2D eigenvalue weighted by Gasteiger charge is 2.21. The van der Waals surface area contributed by atoms with E-state index in [1.807, 2.05) is 4.90 Å². The Kier molecular flexibility index (Phi) is 3.03. The third-order valence-corrected chi connectivity index (χ3v) is 3.03. The molecule has 2 rings (SSSR count). The highest BCUT2D eigenvalue weighted by molar-refractivity contribution is 5.54. The molecule has 2 heterocycles. The molecule has 0 bridgehead atoms. The summed E-state index contributed by atoms with van der Waals surface area (Å²) >= 11 is 0. The quantitative estimate of drug-likeness (QED) is 0.669. The van der Waals surface area contributed by atoms with Gasteiger partial charge in [0.15, 0.2) is 5.82 Å².